The van der Waals surface area contributed by atoms with Crippen LogP contribution in [-0.2, 0) is 4.79 Å². The number of aldehydes is 1. The molecule has 1 rings (SSSR count). The Morgan fingerprint density at radius 1 is 1.21 bits per heavy atom. The molecule has 0 aliphatic rings. The van der Waals surface area contributed by atoms with Gasteiger partial charge in [0.15, 0.2) is 6.29 Å². The lowest BCUT2D eigenvalue weighted by Crippen LogP contribution is -3.00. The first kappa shape index (κ1) is 17.7. The van der Waals surface area contributed by atoms with Crippen molar-refractivity contribution in [3.05, 3.63) is 41.6 Å². The summed E-state index contributed by atoms with van der Waals surface area (Å²) >= 11 is 0. The highest BCUT2D eigenvalue weighted by atomic mass is 35.5. The zero-order valence-electron chi connectivity index (χ0n) is 11.9. The summed E-state index contributed by atoms with van der Waals surface area (Å²) in [5.41, 5.74) is 1.68. The molecule has 0 spiro atoms. The summed E-state index contributed by atoms with van der Waals surface area (Å²) in [6.45, 7) is 1.91. The Bertz CT molecular complexity index is 396. The molecular weight excluding hydrogens is 260 g/mol. The lowest BCUT2D eigenvalue weighted by Gasteiger charge is -2.23. The molecule has 3 nitrogen and oxygen atoms in total. The minimum Gasteiger partial charge on any atom is -1.00 e. The Labute approximate surface area is 122 Å². The number of rotatable bonds is 7. The largest absolute Gasteiger partial charge is 1.00 e. The van der Waals surface area contributed by atoms with Crippen molar-refractivity contribution in [3.63, 3.8) is 0 Å². The zero-order chi connectivity index (χ0) is 13.4. The van der Waals surface area contributed by atoms with Gasteiger partial charge < -0.3 is 22.2 Å². The number of hydrogen-bond acceptors (Lipinski definition) is 2. The molecule has 19 heavy (non-hydrogen) atoms. The van der Waals surface area contributed by atoms with Gasteiger partial charge in [-0.05, 0) is 11.6 Å². The second-order valence-corrected chi connectivity index (χ2v) is 5.42. The Kier molecular flexibility index (Phi) is 8.12. The third kappa shape index (κ3) is 8.41. The summed E-state index contributed by atoms with van der Waals surface area (Å²) in [7, 11) is 6.50. The van der Waals surface area contributed by atoms with E-state index < -0.39 is 0 Å². The number of carbonyl (C=O) groups excluding carboxylic acids is 1. The number of carbonyl (C=O) groups is 1. The highest BCUT2D eigenvalue weighted by Gasteiger charge is 2.05. The van der Waals surface area contributed by atoms with Gasteiger partial charge in [0.25, 0.3) is 0 Å². The Balaban J connectivity index is 0.00000324. The minimum atomic E-state index is 0. The van der Waals surface area contributed by atoms with Crippen LogP contribution in [0.1, 0.15) is 12.0 Å². The number of halogens is 1. The number of quaternary nitrogens is 1. The summed E-state index contributed by atoms with van der Waals surface area (Å²) in [6, 6.07) is 9.86. The van der Waals surface area contributed by atoms with E-state index >= 15 is 0 Å². The summed E-state index contributed by atoms with van der Waals surface area (Å²) < 4.78 is 0.945. The first-order valence-corrected chi connectivity index (χ1v) is 6.27. The molecule has 0 saturated heterocycles. The van der Waals surface area contributed by atoms with E-state index in [1.54, 1.807) is 0 Å². The number of benzene rings is 1. The van der Waals surface area contributed by atoms with Gasteiger partial charge in [0.05, 0.1) is 33.4 Å². The molecule has 0 aliphatic carbocycles. The van der Waals surface area contributed by atoms with Crippen LogP contribution >= 0.6 is 0 Å². The maximum Gasteiger partial charge on any atom is 0.165 e. The predicted octanol–water partition coefficient (Wildman–Crippen LogP) is -1.08. The van der Waals surface area contributed by atoms with Crippen LogP contribution in [0.2, 0.25) is 0 Å². The Hall–Kier alpha value is -1.32. The Morgan fingerprint density at radius 3 is 2.37 bits per heavy atom. The second kappa shape index (κ2) is 8.73. The van der Waals surface area contributed by atoms with E-state index in [2.05, 4.69) is 26.5 Å². The summed E-state index contributed by atoms with van der Waals surface area (Å²) in [4.78, 5) is 11.0. The summed E-state index contributed by atoms with van der Waals surface area (Å²) in [5, 5.41) is 3.17. The first-order chi connectivity index (χ1) is 8.51. The van der Waals surface area contributed by atoms with Gasteiger partial charge in [0, 0.05) is 13.0 Å². The van der Waals surface area contributed by atoms with Crippen LogP contribution in [0.25, 0.3) is 6.08 Å². The molecule has 0 atom stereocenters. The fourth-order valence-corrected chi connectivity index (χ4v) is 1.64. The Morgan fingerprint density at radius 2 is 1.84 bits per heavy atom. The average Bonchev–Trinajstić information content (AvgIpc) is 2.33. The van der Waals surface area contributed by atoms with Crippen molar-refractivity contribution in [2.24, 2.45) is 0 Å². The fraction of sp³-hybridized carbons (Fsp3) is 0.400. The monoisotopic (exact) mass is 282 g/mol. The number of hydrogen-bond donors (Lipinski definition) is 1. The standard InChI is InChI=1S/C15H23N2O.ClH/c1-17(2,3)11-7-10-16-15(13-18)12-14-8-5-4-6-9-14;/h4-6,8-9,12-13,16H,7,10-11H2,1-3H3;1H/q+1;/p-1. The molecule has 0 fully saturated rings. The van der Waals surface area contributed by atoms with E-state index in [-0.39, 0.29) is 12.4 Å². The van der Waals surface area contributed by atoms with E-state index in [0.29, 0.717) is 5.70 Å². The predicted molar refractivity (Wildman–Crippen MR) is 76.0 cm³/mol. The topological polar surface area (TPSA) is 29.1 Å². The number of nitrogens with zero attached hydrogens (tertiary/aromatic N) is 1. The summed E-state index contributed by atoms with van der Waals surface area (Å²) in [5.74, 6) is 0. The minimum absolute atomic E-state index is 0. The number of allylic oxidation sites excluding steroid dienone is 1. The van der Waals surface area contributed by atoms with Crippen LogP contribution in [0, 0.1) is 0 Å². The van der Waals surface area contributed by atoms with Gasteiger partial charge in [-0.1, -0.05) is 30.3 Å². The van der Waals surface area contributed by atoms with Gasteiger partial charge in [0.1, 0.15) is 0 Å². The quantitative estimate of drug-likeness (QED) is 0.298. The van der Waals surface area contributed by atoms with E-state index in [1.807, 2.05) is 36.4 Å². The molecule has 1 aromatic rings. The molecule has 0 bridgehead atoms. The van der Waals surface area contributed by atoms with Crippen LogP contribution < -0.4 is 17.7 Å². The molecule has 1 aromatic carbocycles. The third-order valence-corrected chi connectivity index (χ3v) is 2.58. The normalized spacial score (nSPS) is 11.6. The van der Waals surface area contributed by atoms with Crippen molar-refractivity contribution < 1.29 is 21.7 Å². The van der Waals surface area contributed by atoms with Crippen LogP contribution in [0.5, 0.6) is 0 Å². The van der Waals surface area contributed by atoms with E-state index in [1.165, 1.54) is 0 Å². The van der Waals surface area contributed by atoms with Gasteiger partial charge in [0.2, 0.25) is 0 Å². The maximum atomic E-state index is 11.0. The van der Waals surface area contributed by atoms with Crippen LogP contribution in [0.15, 0.2) is 36.0 Å². The molecule has 0 saturated carbocycles. The maximum absolute atomic E-state index is 11.0. The van der Waals surface area contributed by atoms with E-state index in [9.17, 15) is 4.79 Å². The molecule has 0 aromatic heterocycles. The molecule has 0 radical (unpaired) electrons. The van der Waals surface area contributed by atoms with Crippen molar-refractivity contribution in [1.82, 2.24) is 5.32 Å². The highest BCUT2D eigenvalue weighted by molar-refractivity contribution is 5.80. The molecule has 0 heterocycles. The SMILES string of the molecule is C[N+](C)(C)CCCNC(C=O)=Cc1ccccc1.[Cl-]. The van der Waals surface area contributed by atoms with Gasteiger partial charge in [-0.3, -0.25) is 4.79 Å². The number of nitrogens with one attached hydrogen (secondary N) is 1. The smallest absolute Gasteiger partial charge is 0.165 e. The lowest BCUT2D eigenvalue weighted by atomic mass is 10.2. The highest BCUT2D eigenvalue weighted by Crippen LogP contribution is 2.03. The van der Waals surface area contributed by atoms with Crippen LogP contribution in [0.3, 0.4) is 0 Å². The molecule has 0 unspecified atom stereocenters. The fourth-order valence-electron chi connectivity index (χ4n) is 1.64. The first-order valence-electron chi connectivity index (χ1n) is 6.27. The molecular formula is C15H23ClN2O. The van der Waals surface area contributed by atoms with Crippen molar-refractivity contribution in [3.8, 4) is 0 Å². The van der Waals surface area contributed by atoms with Gasteiger partial charge in [-0.25, -0.2) is 0 Å². The molecule has 4 heteroatoms. The average molecular weight is 283 g/mol. The zero-order valence-corrected chi connectivity index (χ0v) is 12.7. The lowest BCUT2D eigenvalue weighted by molar-refractivity contribution is -0.870. The molecule has 0 aliphatic heterocycles. The van der Waals surface area contributed by atoms with Gasteiger partial charge in [-0.2, -0.15) is 0 Å². The van der Waals surface area contributed by atoms with Crippen molar-refractivity contribution in [2.45, 2.75) is 6.42 Å². The van der Waals surface area contributed by atoms with E-state index in [0.717, 1.165) is 35.8 Å². The van der Waals surface area contributed by atoms with Crippen molar-refractivity contribution in [1.29, 1.82) is 0 Å². The van der Waals surface area contributed by atoms with Crippen LogP contribution in [0.4, 0.5) is 0 Å². The molecule has 106 valence electrons. The van der Waals surface area contributed by atoms with Crippen LogP contribution in [-0.4, -0.2) is 45.0 Å². The van der Waals surface area contributed by atoms with Gasteiger partial charge >= 0.3 is 0 Å². The van der Waals surface area contributed by atoms with Crippen molar-refractivity contribution >= 4 is 12.4 Å². The van der Waals surface area contributed by atoms with Crippen molar-refractivity contribution in [2.75, 3.05) is 34.2 Å². The third-order valence-electron chi connectivity index (χ3n) is 2.58. The second-order valence-electron chi connectivity index (χ2n) is 5.42. The summed E-state index contributed by atoms with van der Waals surface area (Å²) in [6.07, 6.45) is 3.79. The molecule has 1 N–H and O–H groups in total. The molecule has 0 amide bonds. The van der Waals surface area contributed by atoms with Gasteiger partial charge in [-0.15, -0.1) is 0 Å². The van der Waals surface area contributed by atoms with E-state index in [4.69, 9.17) is 0 Å².